The van der Waals surface area contributed by atoms with Gasteiger partial charge >= 0.3 is 0 Å². The van der Waals surface area contributed by atoms with E-state index in [2.05, 4.69) is 64.8 Å². The molecule has 110 valence electrons. The van der Waals surface area contributed by atoms with Gasteiger partial charge in [-0.05, 0) is 49.5 Å². The van der Waals surface area contributed by atoms with E-state index in [4.69, 9.17) is 0 Å². The van der Waals surface area contributed by atoms with Crippen LogP contribution in [0, 0.1) is 0 Å². The maximum absolute atomic E-state index is 3.61. The van der Waals surface area contributed by atoms with Crippen LogP contribution < -0.4 is 5.32 Å². The fourth-order valence-electron chi connectivity index (χ4n) is 3.00. The third-order valence-corrected chi connectivity index (χ3v) is 4.18. The van der Waals surface area contributed by atoms with Gasteiger partial charge in [-0.15, -0.1) is 0 Å². The summed E-state index contributed by atoms with van der Waals surface area (Å²) in [7, 11) is 0. The molecule has 1 aliphatic heterocycles. The topological polar surface area (TPSA) is 15.3 Å². The molecule has 1 heterocycles. The fourth-order valence-corrected chi connectivity index (χ4v) is 3.00. The summed E-state index contributed by atoms with van der Waals surface area (Å²) in [4.78, 5) is 2.55. The van der Waals surface area contributed by atoms with Crippen LogP contribution >= 0.6 is 0 Å². The molecule has 0 spiro atoms. The molecule has 0 atom stereocenters. The SMILES string of the molecule is c1ccc(CCNc2ccccc2CN2CCCC2)cc1. The predicted octanol–water partition coefficient (Wildman–Crippen LogP) is 3.94. The molecule has 2 nitrogen and oxygen atoms in total. The smallest absolute Gasteiger partial charge is 0.0385 e. The number of nitrogens with one attached hydrogen (secondary N) is 1. The summed E-state index contributed by atoms with van der Waals surface area (Å²) in [6, 6.07) is 19.4. The van der Waals surface area contributed by atoms with Gasteiger partial charge < -0.3 is 5.32 Å². The molecule has 0 saturated carbocycles. The van der Waals surface area contributed by atoms with Gasteiger partial charge in [-0.25, -0.2) is 0 Å². The monoisotopic (exact) mass is 280 g/mol. The lowest BCUT2D eigenvalue weighted by Crippen LogP contribution is -2.19. The summed E-state index contributed by atoms with van der Waals surface area (Å²) in [6.07, 6.45) is 3.77. The second-order valence-electron chi connectivity index (χ2n) is 5.80. The summed E-state index contributed by atoms with van der Waals surface area (Å²) in [6.45, 7) is 4.56. The van der Waals surface area contributed by atoms with Crippen molar-refractivity contribution in [3.8, 4) is 0 Å². The van der Waals surface area contributed by atoms with Crippen molar-refractivity contribution in [2.45, 2.75) is 25.8 Å². The van der Waals surface area contributed by atoms with Crippen molar-refractivity contribution in [1.29, 1.82) is 0 Å². The van der Waals surface area contributed by atoms with Gasteiger partial charge in [0.25, 0.3) is 0 Å². The number of benzene rings is 2. The summed E-state index contributed by atoms with van der Waals surface area (Å²) < 4.78 is 0. The van der Waals surface area contributed by atoms with E-state index >= 15 is 0 Å². The zero-order valence-electron chi connectivity index (χ0n) is 12.6. The van der Waals surface area contributed by atoms with E-state index < -0.39 is 0 Å². The van der Waals surface area contributed by atoms with E-state index in [0.717, 1.165) is 19.5 Å². The lowest BCUT2D eigenvalue weighted by Gasteiger charge is -2.18. The van der Waals surface area contributed by atoms with Crippen LogP contribution in [0.3, 0.4) is 0 Å². The van der Waals surface area contributed by atoms with E-state index in [-0.39, 0.29) is 0 Å². The highest BCUT2D eigenvalue weighted by Crippen LogP contribution is 2.19. The van der Waals surface area contributed by atoms with Crippen LogP contribution in [0.1, 0.15) is 24.0 Å². The average Bonchev–Trinajstić information content (AvgIpc) is 3.03. The standard InChI is InChI=1S/C19H24N2/c1-2-8-17(9-3-1)12-13-20-19-11-5-4-10-18(19)16-21-14-6-7-15-21/h1-5,8-11,20H,6-7,12-16H2. The maximum Gasteiger partial charge on any atom is 0.0385 e. The van der Waals surface area contributed by atoms with E-state index in [1.807, 2.05) is 0 Å². The van der Waals surface area contributed by atoms with Crippen LogP contribution in [0.4, 0.5) is 5.69 Å². The number of para-hydroxylation sites is 1. The lowest BCUT2D eigenvalue weighted by atomic mass is 10.1. The normalized spacial score (nSPS) is 15.2. The Morgan fingerprint density at radius 3 is 2.38 bits per heavy atom. The van der Waals surface area contributed by atoms with Crippen LogP contribution in [0.25, 0.3) is 0 Å². The Morgan fingerprint density at radius 1 is 0.857 bits per heavy atom. The first kappa shape index (κ1) is 14.2. The van der Waals surface area contributed by atoms with Crippen LogP contribution in [0.5, 0.6) is 0 Å². The Balaban J connectivity index is 1.57. The third-order valence-electron chi connectivity index (χ3n) is 4.18. The molecule has 3 rings (SSSR count). The number of anilines is 1. The van der Waals surface area contributed by atoms with Gasteiger partial charge in [-0.1, -0.05) is 48.5 Å². The van der Waals surface area contributed by atoms with Crippen molar-refractivity contribution in [1.82, 2.24) is 4.90 Å². The highest BCUT2D eigenvalue weighted by molar-refractivity contribution is 5.51. The molecule has 1 N–H and O–H groups in total. The summed E-state index contributed by atoms with van der Waals surface area (Å²) in [5, 5.41) is 3.61. The predicted molar refractivity (Wildman–Crippen MR) is 89.6 cm³/mol. The number of rotatable bonds is 6. The molecule has 0 aliphatic carbocycles. The van der Waals surface area contributed by atoms with Crippen molar-refractivity contribution in [2.75, 3.05) is 25.0 Å². The van der Waals surface area contributed by atoms with Crippen LogP contribution in [-0.4, -0.2) is 24.5 Å². The molecule has 1 saturated heterocycles. The summed E-state index contributed by atoms with van der Waals surface area (Å²) >= 11 is 0. The Morgan fingerprint density at radius 2 is 1.57 bits per heavy atom. The van der Waals surface area contributed by atoms with Gasteiger partial charge in [0.1, 0.15) is 0 Å². The molecule has 0 radical (unpaired) electrons. The molecule has 0 amide bonds. The van der Waals surface area contributed by atoms with Crippen molar-refractivity contribution >= 4 is 5.69 Å². The molecule has 1 aliphatic rings. The zero-order valence-corrected chi connectivity index (χ0v) is 12.6. The van der Waals surface area contributed by atoms with Gasteiger partial charge in [-0.2, -0.15) is 0 Å². The van der Waals surface area contributed by atoms with Crippen molar-refractivity contribution in [3.05, 3.63) is 65.7 Å². The molecule has 0 bridgehead atoms. The first-order valence-corrected chi connectivity index (χ1v) is 8.00. The van der Waals surface area contributed by atoms with Gasteiger partial charge in [0.15, 0.2) is 0 Å². The Labute approximate surface area is 127 Å². The average molecular weight is 280 g/mol. The van der Waals surface area contributed by atoms with Gasteiger partial charge in [-0.3, -0.25) is 4.90 Å². The minimum atomic E-state index is 0.987. The lowest BCUT2D eigenvalue weighted by molar-refractivity contribution is 0.332. The summed E-state index contributed by atoms with van der Waals surface area (Å²) in [5.41, 5.74) is 4.11. The number of likely N-dealkylation sites (tertiary alicyclic amines) is 1. The van der Waals surface area contributed by atoms with Crippen molar-refractivity contribution < 1.29 is 0 Å². The van der Waals surface area contributed by atoms with Crippen molar-refractivity contribution in [3.63, 3.8) is 0 Å². The highest BCUT2D eigenvalue weighted by Gasteiger charge is 2.13. The number of hydrogen-bond acceptors (Lipinski definition) is 2. The third kappa shape index (κ3) is 4.08. The molecule has 2 aromatic rings. The minimum Gasteiger partial charge on any atom is -0.384 e. The van der Waals surface area contributed by atoms with E-state index in [0.29, 0.717) is 0 Å². The van der Waals surface area contributed by atoms with Gasteiger partial charge in [0, 0.05) is 18.8 Å². The Kier molecular flexibility index (Phi) is 4.90. The molecular formula is C19H24N2. The van der Waals surface area contributed by atoms with E-state index in [1.165, 1.54) is 42.7 Å². The molecule has 0 unspecified atom stereocenters. The largest absolute Gasteiger partial charge is 0.384 e. The molecule has 2 aromatic carbocycles. The van der Waals surface area contributed by atoms with Crippen LogP contribution in [-0.2, 0) is 13.0 Å². The molecule has 1 fully saturated rings. The van der Waals surface area contributed by atoms with Crippen molar-refractivity contribution in [2.24, 2.45) is 0 Å². The van der Waals surface area contributed by atoms with Gasteiger partial charge in [0.05, 0.1) is 0 Å². The highest BCUT2D eigenvalue weighted by atomic mass is 15.1. The Bertz CT molecular complexity index is 545. The van der Waals surface area contributed by atoms with E-state index in [9.17, 15) is 0 Å². The second-order valence-corrected chi connectivity index (χ2v) is 5.80. The second kappa shape index (κ2) is 7.28. The maximum atomic E-state index is 3.61. The first-order chi connectivity index (χ1) is 10.4. The van der Waals surface area contributed by atoms with Crippen LogP contribution in [0.2, 0.25) is 0 Å². The van der Waals surface area contributed by atoms with Gasteiger partial charge in [0.2, 0.25) is 0 Å². The minimum absolute atomic E-state index is 0.987. The molecular weight excluding hydrogens is 256 g/mol. The molecule has 2 heteroatoms. The number of hydrogen-bond donors (Lipinski definition) is 1. The number of nitrogens with zero attached hydrogens (tertiary/aromatic N) is 1. The van der Waals surface area contributed by atoms with Crippen LogP contribution in [0.15, 0.2) is 54.6 Å². The zero-order chi connectivity index (χ0) is 14.3. The first-order valence-electron chi connectivity index (χ1n) is 8.00. The van der Waals surface area contributed by atoms with E-state index in [1.54, 1.807) is 0 Å². The summed E-state index contributed by atoms with van der Waals surface area (Å²) in [5.74, 6) is 0. The molecule has 0 aromatic heterocycles. The quantitative estimate of drug-likeness (QED) is 0.862. The molecule has 21 heavy (non-hydrogen) atoms. The fraction of sp³-hybridized carbons (Fsp3) is 0.368. The Hall–Kier alpha value is -1.80.